The Bertz CT molecular complexity index is 2070. The Morgan fingerprint density at radius 2 is 1.56 bits per heavy atom. The number of ether oxygens (including phenoxy) is 1. The number of aromatic nitrogens is 2. The molecule has 3 heterocycles. The first kappa shape index (κ1) is 41.0. The smallest absolute Gasteiger partial charge is 0.408 e. The molecule has 1 saturated heterocycles. The number of amides is 3. The molecule has 2 aliphatic heterocycles. The molecule has 3 N–H and O–H groups in total. The summed E-state index contributed by atoms with van der Waals surface area (Å²) in [6, 6.07) is 12.6. The van der Waals surface area contributed by atoms with Crippen LogP contribution in [0.2, 0.25) is 0 Å². The maximum atomic E-state index is 14.8. The van der Waals surface area contributed by atoms with Gasteiger partial charge in [-0.05, 0) is 81.8 Å². The number of nitrogens with zero attached hydrogens (tertiary/aromatic N) is 5. The van der Waals surface area contributed by atoms with Crippen molar-refractivity contribution in [3.05, 3.63) is 77.2 Å². The van der Waals surface area contributed by atoms with Gasteiger partial charge in [-0.15, -0.1) is 0 Å². The molecule has 1 aromatic heterocycles. The third-order valence-electron chi connectivity index (χ3n) is 11.0. The summed E-state index contributed by atoms with van der Waals surface area (Å²) in [6.45, 7) is 5.11. The van der Waals surface area contributed by atoms with E-state index in [1.807, 2.05) is 98.7 Å². The number of fused-ring (bicyclic) bond motifs is 2. The molecular weight excluding hydrogens is 727 g/mol. The van der Waals surface area contributed by atoms with Gasteiger partial charge in [0, 0.05) is 64.0 Å². The lowest BCUT2D eigenvalue weighted by Crippen LogP contribution is -2.56. The molecule has 0 radical (unpaired) electrons. The van der Waals surface area contributed by atoms with E-state index in [2.05, 4.69) is 15.7 Å². The average Bonchev–Trinajstić information content (AvgIpc) is 3.67. The van der Waals surface area contributed by atoms with Crippen LogP contribution < -0.4 is 26.0 Å². The van der Waals surface area contributed by atoms with E-state index in [-0.39, 0.29) is 19.4 Å². The zero-order valence-corrected chi connectivity index (χ0v) is 33.9. The van der Waals surface area contributed by atoms with Crippen LogP contribution in [0, 0.1) is 5.92 Å². The van der Waals surface area contributed by atoms with Crippen molar-refractivity contribution in [1.82, 2.24) is 25.3 Å². The second kappa shape index (κ2) is 16.4. The minimum atomic E-state index is -1.50. The molecule has 0 unspecified atom stereocenters. The first-order valence-corrected chi connectivity index (χ1v) is 19.7. The minimum Gasteiger partial charge on any atom is -0.479 e. The summed E-state index contributed by atoms with van der Waals surface area (Å²) in [5, 5.41) is 20.5. The molecule has 3 aromatic rings. The van der Waals surface area contributed by atoms with E-state index in [0.29, 0.717) is 29.5 Å². The largest absolute Gasteiger partial charge is 0.479 e. The monoisotopic (exact) mass is 781 g/mol. The van der Waals surface area contributed by atoms with Crippen molar-refractivity contribution in [1.29, 1.82) is 0 Å². The minimum absolute atomic E-state index is 0.00424. The molecule has 2 aromatic carbocycles. The normalized spacial score (nSPS) is 24.5. The highest BCUT2D eigenvalue weighted by Gasteiger charge is 2.61. The number of carboxylic acids is 1. The lowest BCUT2D eigenvalue weighted by molar-refractivity contribution is -0.145. The van der Waals surface area contributed by atoms with Gasteiger partial charge in [0.25, 0.3) is 5.56 Å². The average molecular weight is 782 g/mol. The number of carboxylic acid groups (broad SMARTS) is 1. The van der Waals surface area contributed by atoms with E-state index in [4.69, 9.17) is 4.74 Å². The number of aliphatic carboxylic acids is 1. The lowest BCUT2D eigenvalue weighted by atomic mass is 9.96. The Morgan fingerprint density at radius 3 is 2.16 bits per heavy atom. The predicted octanol–water partition coefficient (Wildman–Crippen LogP) is 5.22. The quantitative estimate of drug-likeness (QED) is 0.271. The molecule has 6 rings (SSSR count). The number of hydrogen-bond acceptors (Lipinski definition) is 9. The van der Waals surface area contributed by atoms with Gasteiger partial charge in [-0.2, -0.15) is 5.10 Å². The molecule has 304 valence electrons. The molecular formula is C43H55N7O7. The number of carbonyl (C=O) groups is 4. The number of nitrogens with one attached hydrogen (secondary N) is 2. The van der Waals surface area contributed by atoms with Crippen LogP contribution in [0.3, 0.4) is 0 Å². The summed E-state index contributed by atoms with van der Waals surface area (Å²) in [7, 11) is 7.78. The van der Waals surface area contributed by atoms with Crippen LogP contribution in [0.25, 0.3) is 22.3 Å². The Hall–Kier alpha value is -5.66. The van der Waals surface area contributed by atoms with Crippen molar-refractivity contribution in [2.24, 2.45) is 5.92 Å². The fraction of sp³-hybridized carbons (Fsp3) is 0.488. The van der Waals surface area contributed by atoms with Crippen LogP contribution in [-0.4, -0.2) is 102 Å². The van der Waals surface area contributed by atoms with Gasteiger partial charge in [-0.3, -0.25) is 14.4 Å². The Balaban J connectivity index is 1.42. The fourth-order valence-electron chi connectivity index (χ4n) is 7.79. The van der Waals surface area contributed by atoms with Crippen molar-refractivity contribution in [2.45, 2.75) is 95.0 Å². The van der Waals surface area contributed by atoms with Crippen molar-refractivity contribution < 1.29 is 29.0 Å². The molecule has 0 bridgehead atoms. The first-order valence-electron chi connectivity index (χ1n) is 19.7. The van der Waals surface area contributed by atoms with Gasteiger partial charge < -0.3 is 35.2 Å². The van der Waals surface area contributed by atoms with Crippen molar-refractivity contribution in [2.75, 3.05) is 44.5 Å². The second-order valence-corrected chi connectivity index (χ2v) is 16.8. The Morgan fingerprint density at radius 1 is 0.930 bits per heavy atom. The number of benzene rings is 2. The molecule has 1 aliphatic carbocycles. The van der Waals surface area contributed by atoms with Crippen LogP contribution in [0.4, 0.5) is 16.2 Å². The van der Waals surface area contributed by atoms with Crippen LogP contribution in [0.15, 0.2) is 71.7 Å². The Kier molecular flexibility index (Phi) is 11.8. The fourth-order valence-corrected chi connectivity index (χ4v) is 7.79. The van der Waals surface area contributed by atoms with Gasteiger partial charge in [0.1, 0.15) is 23.2 Å². The summed E-state index contributed by atoms with van der Waals surface area (Å²) >= 11 is 0. The van der Waals surface area contributed by atoms with Gasteiger partial charge in [-0.1, -0.05) is 49.3 Å². The molecule has 14 heteroatoms. The molecule has 5 atom stereocenters. The van der Waals surface area contributed by atoms with E-state index in [0.717, 1.165) is 36.2 Å². The van der Waals surface area contributed by atoms with Crippen molar-refractivity contribution >= 4 is 35.3 Å². The lowest BCUT2D eigenvalue weighted by Gasteiger charge is -2.30. The number of carbonyl (C=O) groups excluding carboxylic acids is 3. The topological polar surface area (TPSA) is 166 Å². The molecule has 2 fully saturated rings. The van der Waals surface area contributed by atoms with Crippen LogP contribution in [0.5, 0.6) is 0 Å². The Labute approximate surface area is 333 Å². The number of hydrogen-bond donors (Lipinski definition) is 3. The number of alkyl carbamates (subject to hydrolysis) is 1. The predicted molar refractivity (Wildman–Crippen MR) is 219 cm³/mol. The van der Waals surface area contributed by atoms with Gasteiger partial charge >= 0.3 is 12.1 Å². The maximum absolute atomic E-state index is 14.8. The summed E-state index contributed by atoms with van der Waals surface area (Å²) in [5.41, 5.74) is 1.73. The third-order valence-corrected chi connectivity index (χ3v) is 11.0. The van der Waals surface area contributed by atoms with Crippen LogP contribution >= 0.6 is 0 Å². The van der Waals surface area contributed by atoms with Crippen LogP contribution in [0.1, 0.15) is 71.8 Å². The van der Waals surface area contributed by atoms with Crippen molar-refractivity contribution in [3.63, 3.8) is 0 Å². The zero-order chi connectivity index (χ0) is 41.2. The highest BCUT2D eigenvalue weighted by molar-refractivity contribution is 5.96. The van der Waals surface area contributed by atoms with E-state index in [9.17, 15) is 29.1 Å². The van der Waals surface area contributed by atoms with Crippen molar-refractivity contribution in [3.8, 4) is 22.3 Å². The molecule has 57 heavy (non-hydrogen) atoms. The zero-order valence-electron chi connectivity index (χ0n) is 33.9. The number of rotatable bonds is 7. The van der Waals surface area contributed by atoms with E-state index >= 15 is 0 Å². The number of anilines is 2. The van der Waals surface area contributed by atoms with E-state index < -0.39 is 64.6 Å². The van der Waals surface area contributed by atoms with Crippen LogP contribution in [-0.2, 0) is 19.1 Å². The van der Waals surface area contributed by atoms with E-state index in [1.54, 1.807) is 27.0 Å². The van der Waals surface area contributed by atoms with E-state index in [1.165, 1.54) is 9.58 Å². The van der Waals surface area contributed by atoms with Gasteiger partial charge in [-0.25, -0.2) is 14.3 Å². The molecule has 0 spiro atoms. The molecule has 3 amide bonds. The first-order chi connectivity index (χ1) is 27.0. The second-order valence-electron chi connectivity index (χ2n) is 16.8. The maximum Gasteiger partial charge on any atom is 0.408 e. The highest BCUT2D eigenvalue weighted by atomic mass is 16.6. The van der Waals surface area contributed by atoms with Gasteiger partial charge in [0.05, 0.1) is 17.8 Å². The number of allylic oxidation sites excluding steroid dienone is 1. The molecule has 1 saturated carbocycles. The summed E-state index contributed by atoms with van der Waals surface area (Å²) in [6.07, 6.45) is 8.12. The highest BCUT2D eigenvalue weighted by Crippen LogP contribution is 2.45. The molecule has 3 aliphatic rings. The standard InChI is InChI=1S/C43H55N7O7/c1-42(2,3)57-41(56)45-34-14-12-10-8-9-11-13-29-24-43(29,40(54)55)46-37(51)35-23-32(26-49(35)38(34)52)50-39(53)36(28-17-21-31(22-18-28)48(6)7)33(25-44-50)27-15-19-30(20-16-27)47(4)5/h11,13,15-22,25,29,32,34-35H,8-10,12,14,23-24,26H2,1-7H3,(H,45,56)(H,46,51)(H,54,55)/b13-11-/t29-,32+,34-,35-,43+/m0/s1. The summed E-state index contributed by atoms with van der Waals surface area (Å²) in [4.78, 5) is 74.7. The SMILES string of the molecule is CN(C)c1ccc(-c2cnn([C@@H]3C[C@H]4C(=O)N[C@]5(C(=O)O)C[C@@H]5/C=C\CCCCC[C@H](NC(=O)OC(C)(C)C)C(=O)N4C3)c(=O)c2-c2ccc(N(C)C)cc2)cc1. The summed E-state index contributed by atoms with van der Waals surface area (Å²) in [5.74, 6) is -2.70. The van der Waals surface area contributed by atoms with Gasteiger partial charge in [0.15, 0.2) is 0 Å². The summed E-state index contributed by atoms with van der Waals surface area (Å²) < 4.78 is 6.86. The van der Waals surface area contributed by atoms with Gasteiger partial charge in [0.2, 0.25) is 11.8 Å². The third kappa shape index (κ3) is 9.00. The molecule has 14 nitrogen and oxygen atoms in total.